The SMILES string of the molecule is Cc1cccc([C@H](CNC(=O)c2ccc(N3CCC[C@H](C(N)=O)C3)cc2)N2CCOCC2)c1. The molecular formula is C26H34N4O3. The lowest BCUT2D eigenvalue weighted by atomic mass is 9.97. The van der Waals surface area contributed by atoms with E-state index in [0.717, 1.165) is 38.2 Å². The van der Waals surface area contributed by atoms with Gasteiger partial charge in [-0.15, -0.1) is 0 Å². The summed E-state index contributed by atoms with van der Waals surface area (Å²) in [6.45, 7) is 7.29. The lowest BCUT2D eigenvalue weighted by Gasteiger charge is -2.35. The zero-order valence-corrected chi connectivity index (χ0v) is 19.3. The normalized spacial score (nSPS) is 20.3. The molecule has 2 amide bonds. The highest BCUT2D eigenvalue weighted by Gasteiger charge is 2.25. The van der Waals surface area contributed by atoms with Crippen LogP contribution in [-0.4, -0.2) is 62.7 Å². The Morgan fingerprint density at radius 3 is 2.58 bits per heavy atom. The smallest absolute Gasteiger partial charge is 0.251 e. The summed E-state index contributed by atoms with van der Waals surface area (Å²) in [7, 11) is 0. The number of ether oxygens (including phenoxy) is 1. The molecule has 2 fully saturated rings. The fourth-order valence-corrected chi connectivity index (χ4v) is 4.78. The van der Waals surface area contributed by atoms with Gasteiger partial charge in [-0.2, -0.15) is 0 Å². The monoisotopic (exact) mass is 450 g/mol. The van der Waals surface area contributed by atoms with Crippen LogP contribution in [-0.2, 0) is 9.53 Å². The van der Waals surface area contributed by atoms with Crippen LogP contribution in [0.4, 0.5) is 5.69 Å². The van der Waals surface area contributed by atoms with Gasteiger partial charge in [0.2, 0.25) is 5.91 Å². The minimum absolute atomic E-state index is 0.0823. The van der Waals surface area contributed by atoms with Crippen molar-refractivity contribution < 1.29 is 14.3 Å². The molecule has 2 aliphatic heterocycles. The number of primary amides is 1. The Bertz CT molecular complexity index is 956. The summed E-state index contributed by atoms with van der Waals surface area (Å²) in [4.78, 5) is 29.1. The number of carbonyl (C=O) groups excluding carboxylic acids is 2. The van der Waals surface area contributed by atoms with E-state index in [4.69, 9.17) is 10.5 Å². The molecule has 0 bridgehead atoms. The van der Waals surface area contributed by atoms with Crippen LogP contribution in [0.5, 0.6) is 0 Å². The molecule has 0 aromatic heterocycles. The van der Waals surface area contributed by atoms with Gasteiger partial charge in [-0.3, -0.25) is 14.5 Å². The number of nitrogens with zero attached hydrogens (tertiary/aromatic N) is 2. The van der Waals surface area contributed by atoms with Gasteiger partial charge in [-0.25, -0.2) is 0 Å². The van der Waals surface area contributed by atoms with Gasteiger partial charge in [-0.1, -0.05) is 29.8 Å². The quantitative estimate of drug-likeness (QED) is 0.677. The number of anilines is 1. The molecule has 0 spiro atoms. The van der Waals surface area contributed by atoms with Crippen molar-refractivity contribution >= 4 is 17.5 Å². The van der Waals surface area contributed by atoms with E-state index in [0.29, 0.717) is 31.9 Å². The summed E-state index contributed by atoms with van der Waals surface area (Å²) in [5.41, 5.74) is 9.57. The fraction of sp³-hybridized carbons (Fsp3) is 0.462. The summed E-state index contributed by atoms with van der Waals surface area (Å²) in [6.07, 6.45) is 1.79. The van der Waals surface area contributed by atoms with Gasteiger partial charge in [-0.05, 0) is 49.6 Å². The minimum atomic E-state index is -0.237. The van der Waals surface area contributed by atoms with Gasteiger partial charge in [0.25, 0.3) is 5.91 Å². The molecule has 3 N–H and O–H groups in total. The first-order valence-corrected chi connectivity index (χ1v) is 11.8. The number of nitrogens with one attached hydrogen (secondary N) is 1. The van der Waals surface area contributed by atoms with Gasteiger partial charge < -0.3 is 20.7 Å². The number of rotatable bonds is 7. The van der Waals surface area contributed by atoms with Crippen LogP contribution in [0.2, 0.25) is 0 Å². The number of hydrogen-bond acceptors (Lipinski definition) is 5. The number of hydrogen-bond donors (Lipinski definition) is 2. The second kappa shape index (κ2) is 10.8. The minimum Gasteiger partial charge on any atom is -0.379 e. The summed E-state index contributed by atoms with van der Waals surface area (Å²) < 4.78 is 5.53. The second-order valence-corrected chi connectivity index (χ2v) is 9.02. The van der Waals surface area contributed by atoms with E-state index < -0.39 is 0 Å². The number of aryl methyl sites for hydroxylation is 1. The highest BCUT2D eigenvalue weighted by atomic mass is 16.5. The molecule has 7 heteroatoms. The first-order valence-electron chi connectivity index (χ1n) is 11.8. The molecule has 2 aliphatic rings. The Labute approximate surface area is 195 Å². The van der Waals surface area contributed by atoms with Crippen LogP contribution in [0.15, 0.2) is 48.5 Å². The number of amides is 2. The van der Waals surface area contributed by atoms with E-state index in [-0.39, 0.29) is 23.8 Å². The van der Waals surface area contributed by atoms with E-state index >= 15 is 0 Å². The van der Waals surface area contributed by atoms with E-state index in [1.54, 1.807) is 0 Å². The Balaban J connectivity index is 1.40. The fourth-order valence-electron chi connectivity index (χ4n) is 4.78. The average molecular weight is 451 g/mol. The highest BCUT2D eigenvalue weighted by Crippen LogP contribution is 2.24. The van der Waals surface area contributed by atoms with E-state index in [1.807, 2.05) is 24.3 Å². The molecule has 0 aliphatic carbocycles. The number of piperidine rings is 1. The molecule has 2 heterocycles. The first-order chi connectivity index (χ1) is 16.0. The van der Waals surface area contributed by atoms with Crippen molar-refractivity contribution in [2.24, 2.45) is 11.7 Å². The predicted octanol–water partition coefficient (Wildman–Crippen LogP) is 2.50. The zero-order chi connectivity index (χ0) is 23.2. The third-order valence-corrected chi connectivity index (χ3v) is 6.69. The number of carbonyl (C=O) groups is 2. The molecule has 4 rings (SSSR count). The third-order valence-electron chi connectivity index (χ3n) is 6.69. The number of morpholine rings is 1. The molecule has 0 unspecified atom stereocenters. The predicted molar refractivity (Wildman–Crippen MR) is 129 cm³/mol. The van der Waals surface area contributed by atoms with Crippen molar-refractivity contribution in [1.82, 2.24) is 10.2 Å². The highest BCUT2D eigenvalue weighted by molar-refractivity contribution is 5.94. The van der Waals surface area contributed by atoms with E-state index in [1.165, 1.54) is 11.1 Å². The van der Waals surface area contributed by atoms with Crippen molar-refractivity contribution in [1.29, 1.82) is 0 Å². The molecule has 2 saturated heterocycles. The molecule has 2 aromatic carbocycles. The van der Waals surface area contributed by atoms with Gasteiger partial charge in [0.1, 0.15) is 0 Å². The standard InChI is InChI=1S/C26H34N4O3/c1-19-4-2-5-21(16-19)24(29-12-14-33-15-13-29)17-28-26(32)20-7-9-23(10-8-20)30-11-3-6-22(18-30)25(27)31/h2,4-5,7-10,16,22,24H,3,6,11-15,17-18H2,1H3,(H2,27,31)(H,28,32)/t22-,24-/m0/s1. The molecule has 2 aromatic rings. The third kappa shape index (κ3) is 5.92. The van der Waals surface area contributed by atoms with Crippen LogP contribution in [0.25, 0.3) is 0 Å². The van der Waals surface area contributed by atoms with Crippen LogP contribution >= 0.6 is 0 Å². The van der Waals surface area contributed by atoms with Gasteiger partial charge in [0.15, 0.2) is 0 Å². The van der Waals surface area contributed by atoms with E-state index in [2.05, 4.69) is 46.3 Å². The molecule has 0 radical (unpaired) electrons. The van der Waals surface area contributed by atoms with Crippen LogP contribution in [0, 0.1) is 12.8 Å². The molecule has 2 atom stereocenters. The van der Waals surface area contributed by atoms with Gasteiger partial charge in [0, 0.05) is 44.0 Å². The Morgan fingerprint density at radius 2 is 1.88 bits per heavy atom. The summed E-state index contributed by atoms with van der Waals surface area (Å²) in [5.74, 6) is -0.430. The summed E-state index contributed by atoms with van der Waals surface area (Å²) in [6, 6.07) is 16.2. The molecule has 33 heavy (non-hydrogen) atoms. The largest absolute Gasteiger partial charge is 0.379 e. The molecule has 7 nitrogen and oxygen atoms in total. The number of nitrogens with two attached hydrogens (primary N) is 1. The summed E-state index contributed by atoms with van der Waals surface area (Å²) >= 11 is 0. The van der Waals surface area contributed by atoms with Crippen molar-refractivity contribution in [3.8, 4) is 0 Å². The summed E-state index contributed by atoms with van der Waals surface area (Å²) in [5, 5.41) is 3.14. The average Bonchev–Trinajstić information content (AvgIpc) is 2.85. The van der Waals surface area contributed by atoms with Crippen molar-refractivity contribution in [2.45, 2.75) is 25.8 Å². The van der Waals surface area contributed by atoms with Gasteiger partial charge >= 0.3 is 0 Å². The Hall–Kier alpha value is -2.90. The molecule has 176 valence electrons. The van der Waals surface area contributed by atoms with Crippen LogP contribution in [0.1, 0.15) is 40.4 Å². The maximum Gasteiger partial charge on any atom is 0.251 e. The Morgan fingerprint density at radius 1 is 1.12 bits per heavy atom. The van der Waals surface area contributed by atoms with Crippen LogP contribution < -0.4 is 16.0 Å². The zero-order valence-electron chi connectivity index (χ0n) is 19.3. The first kappa shape index (κ1) is 23.3. The van der Waals surface area contributed by atoms with E-state index in [9.17, 15) is 9.59 Å². The van der Waals surface area contributed by atoms with Gasteiger partial charge in [0.05, 0.1) is 25.2 Å². The maximum atomic E-state index is 12.9. The number of benzene rings is 2. The Kier molecular flexibility index (Phi) is 7.62. The topological polar surface area (TPSA) is 87.9 Å². The lowest BCUT2D eigenvalue weighted by molar-refractivity contribution is -0.122. The van der Waals surface area contributed by atoms with Crippen molar-refractivity contribution in [2.75, 3.05) is 50.8 Å². The lowest BCUT2D eigenvalue weighted by Crippen LogP contribution is -2.43. The second-order valence-electron chi connectivity index (χ2n) is 9.02. The molecular weight excluding hydrogens is 416 g/mol. The van der Waals surface area contributed by atoms with Crippen LogP contribution in [0.3, 0.4) is 0 Å². The maximum absolute atomic E-state index is 12.9. The van der Waals surface area contributed by atoms with Crippen molar-refractivity contribution in [3.05, 3.63) is 65.2 Å². The van der Waals surface area contributed by atoms with Crippen molar-refractivity contribution in [3.63, 3.8) is 0 Å². The molecule has 0 saturated carbocycles.